The van der Waals surface area contributed by atoms with Crippen LogP contribution in [0.5, 0.6) is 0 Å². The van der Waals surface area contributed by atoms with Crippen molar-refractivity contribution in [1.29, 1.82) is 0 Å². The maximum Gasteiger partial charge on any atom is 0.190 e. The molecule has 6 heteroatoms. The monoisotopic (exact) mass is 341 g/mol. The summed E-state index contributed by atoms with van der Waals surface area (Å²) in [6, 6.07) is 0. The number of hydrogen-bond donors (Lipinski definition) is 2. The first-order chi connectivity index (χ1) is 11.8. The van der Waals surface area contributed by atoms with Crippen molar-refractivity contribution in [3.63, 3.8) is 0 Å². The highest BCUT2D eigenvalue weighted by atomic mass is 16.5. The molecular formula is C18H35N3O3. The Morgan fingerprint density at radius 3 is 2.75 bits per heavy atom. The van der Waals surface area contributed by atoms with Crippen LogP contribution in [-0.4, -0.2) is 65.7 Å². The molecule has 24 heavy (non-hydrogen) atoms. The van der Waals surface area contributed by atoms with Crippen molar-refractivity contribution in [2.24, 2.45) is 10.4 Å². The normalized spacial score (nSPS) is 23.1. The summed E-state index contributed by atoms with van der Waals surface area (Å²) in [6.45, 7) is 5.08. The molecule has 0 aromatic carbocycles. The average molecular weight is 341 g/mol. The van der Waals surface area contributed by atoms with Crippen LogP contribution in [0.15, 0.2) is 4.99 Å². The largest absolute Gasteiger partial charge is 0.385 e. The molecule has 2 fully saturated rings. The molecule has 2 N–H and O–H groups in total. The number of rotatable bonds is 11. The van der Waals surface area contributed by atoms with Crippen molar-refractivity contribution in [1.82, 2.24) is 10.6 Å². The van der Waals surface area contributed by atoms with Crippen LogP contribution in [0.2, 0.25) is 0 Å². The van der Waals surface area contributed by atoms with Gasteiger partial charge >= 0.3 is 0 Å². The maximum absolute atomic E-state index is 5.68. The van der Waals surface area contributed by atoms with Gasteiger partial charge in [-0.25, -0.2) is 0 Å². The molecule has 140 valence electrons. The van der Waals surface area contributed by atoms with Crippen LogP contribution in [0.25, 0.3) is 0 Å². The number of guanidine groups is 1. The number of ether oxygens (including phenoxy) is 3. The Kier molecular flexibility index (Phi) is 8.84. The third-order valence-corrected chi connectivity index (χ3v) is 5.19. The molecule has 1 aliphatic carbocycles. The first-order valence-corrected chi connectivity index (χ1v) is 9.41. The molecule has 1 atom stereocenters. The van der Waals surface area contributed by atoms with Crippen LogP contribution < -0.4 is 10.6 Å². The third kappa shape index (κ3) is 6.57. The van der Waals surface area contributed by atoms with Crippen LogP contribution in [0, 0.1) is 5.41 Å². The predicted molar refractivity (Wildman–Crippen MR) is 96.6 cm³/mol. The first-order valence-electron chi connectivity index (χ1n) is 9.41. The minimum Gasteiger partial charge on any atom is -0.385 e. The second-order valence-electron chi connectivity index (χ2n) is 7.01. The van der Waals surface area contributed by atoms with Crippen molar-refractivity contribution < 1.29 is 14.2 Å². The molecule has 2 aliphatic rings. The zero-order valence-electron chi connectivity index (χ0n) is 15.4. The Bertz CT molecular complexity index is 367. The van der Waals surface area contributed by atoms with E-state index in [0.717, 1.165) is 64.7 Å². The third-order valence-electron chi connectivity index (χ3n) is 5.19. The lowest BCUT2D eigenvalue weighted by molar-refractivity contribution is 0.0168. The van der Waals surface area contributed by atoms with E-state index < -0.39 is 0 Å². The van der Waals surface area contributed by atoms with Crippen molar-refractivity contribution in [3.8, 4) is 0 Å². The number of nitrogens with one attached hydrogen (secondary N) is 2. The summed E-state index contributed by atoms with van der Waals surface area (Å²) in [5, 5.41) is 6.85. The molecule has 1 aliphatic heterocycles. The van der Waals surface area contributed by atoms with Gasteiger partial charge in [-0.05, 0) is 43.9 Å². The molecular weight excluding hydrogens is 306 g/mol. The summed E-state index contributed by atoms with van der Waals surface area (Å²) in [4.78, 5) is 4.31. The van der Waals surface area contributed by atoms with E-state index in [1.165, 1.54) is 25.7 Å². The van der Waals surface area contributed by atoms with Crippen LogP contribution in [0.1, 0.15) is 44.9 Å². The molecule has 0 aromatic rings. The van der Waals surface area contributed by atoms with E-state index in [0.29, 0.717) is 11.5 Å². The Hall–Kier alpha value is -0.850. The molecule has 0 bridgehead atoms. The van der Waals surface area contributed by atoms with E-state index in [4.69, 9.17) is 14.2 Å². The SMILES string of the molecule is CN=C(NCCCOCC1CCCO1)NCC1(CCOC)CCC1. The summed E-state index contributed by atoms with van der Waals surface area (Å²) in [5.74, 6) is 0.887. The van der Waals surface area contributed by atoms with Gasteiger partial charge in [-0.2, -0.15) is 0 Å². The van der Waals surface area contributed by atoms with Gasteiger partial charge in [0, 0.05) is 47.1 Å². The molecule has 0 aromatic heterocycles. The number of methoxy groups -OCH3 is 1. The second kappa shape index (κ2) is 10.9. The fraction of sp³-hybridized carbons (Fsp3) is 0.944. The van der Waals surface area contributed by atoms with Gasteiger partial charge in [0.1, 0.15) is 0 Å². The number of hydrogen-bond acceptors (Lipinski definition) is 4. The van der Waals surface area contributed by atoms with E-state index in [1.807, 2.05) is 7.05 Å². The van der Waals surface area contributed by atoms with Gasteiger partial charge in [0.25, 0.3) is 0 Å². The average Bonchev–Trinajstić information content (AvgIpc) is 3.08. The van der Waals surface area contributed by atoms with E-state index in [1.54, 1.807) is 7.11 Å². The van der Waals surface area contributed by atoms with Gasteiger partial charge in [-0.1, -0.05) is 6.42 Å². The predicted octanol–water partition coefficient (Wildman–Crippen LogP) is 1.94. The maximum atomic E-state index is 5.68. The second-order valence-corrected chi connectivity index (χ2v) is 7.01. The molecule has 0 amide bonds. The zero-order valence-corrected chi connectivity index (χ0v) is 15.4. The van der Waals surface area contributed by atoms with E-state index in [9.17, 15) is 0 Å². The molecule has 6 nitrogen and oxygen atoms in total. The van der Waals surface area contributed by atoms with Crippen molar-refractivity contribution in [2.75, 3.05) is 53.7 Å². The fourth-order valence-corrected chi connectivity index (χ4v) is 3.37. The van der Waals surface area contributed by atoms with Gasteiger partial charge < -0.3 is 24.8 Å². The minimum atomic E-state index is 0.318. The van der Waals surface area contributed by atoms with E-state index in [2.05, 4.69) is 15.6 Å². The molecule has 2 rings (SSSR count). The van der Waals surface area contributed by atoms with Crippen LogP contribution in [-0.2, 0) is 14.2 Å². The van der Waals surface area contributed by atoms with Gasteiger partial charge in [0.15, 0.2) is 5.96 Å². The van der Waals surface area contributed by atoms with Gasteiger partial charge in [0.2, 0.25) is 0 Å². The molecule has 1 unspecified atom stereocenters. The highest BCUT2D eigenvalue weighted by molar-refractivity contribution is 5.79. The summed E-state index contributed by atoms with van der Waals surface area (Å²) in [6.07, 6.45) is 8.64. The van der Waals surface area contributed by atoms with E-state index >= 15 is 0 Å². The standard InChI is InChI=1S/C18H35N3O3/c1-19-17(21-15-18(7-4-8-18)9-13-22-2)20-10-5-11-23-14-16-6-3-12-24-16/h16H,3-15H2,1-2H3,(H2,19,20,21). The van der Waals surface area contributed by atoms with Crippen molar-refractivity contribution in [2.45, 2.75) is 51.0 Å². The van der Waals surface area contributed by atoms with Gasteiger partial charge in [-0.3, -0.25) is 4.99 Å². The minimum absolute atomic E-state index is 0.318. The van der Waals surface area contributed by atoms with Crippen LogP contribution in [0.4, 0.5) is 0 Å². The highest BCUT2D eigenvalue weighted by Crippen LogP contribution is 2.43. The molecule has 1 heterocycles. The lowest BCUT2D eigenvalue weighted by Crippen LogP contribution is -2.47. The number of aliphatic imine (C=N–C) groups is 1. The smallest absolute Gasteiger partial charge is 0.190 e. The van der Waals surface area contributed by atoms with Crippen molar-refractivity contribution in [3.05, 3.63) is 0 Å². The Balaban J connectivity index is 1.52. The van der Waals surface area contributed by atoms with Gasteiger partial charge in [-0.15, -0.1) is 0 Å². The molecule has 0 spiro atoms. The first kappa shape index (κ1) is 19.5. The number of nitrogens with zero attached hydrogens (tertiary/aromatic N) is 1. The summed E-state index contributed by atoms with van der Waals surface area (Å²) >= 11 is 0. The summed E-state index contributed by atoms with van der Waals surface area (Å²) < 4.78 is 16.5. The van der Waals surface area contributed by atoms with Crippen LogP contribution in [0.3, 0.4) is 0 Å². The lowest BCUT2D eigenvalue weighted by atomic mass is 9.67. The summed E-state index contributed by atoms with van der Waals surface area (Å²) in [7, 11) is 3.60. The zero-order chi connectivity index (χ0) is 17.1. The Labute approximate surface area is 146 Å². The lowest BCUT2D eigenvalue weighted by Gasteiger charge is -2.42. The highest BCUT2D eigenvalue weighted by Gasteiger charge is 2.36. The van der Waals surface area contributed by atoms with Crippen molar-refractivity contribution >= 4 is 5.96 Å². The molecule has 0 radical (unpaired) electrons. The van der Waals surface area contributed by atoms with E-state index in [-0.39, 0.29) is 0 Å². The quantitative estimate of drug-likeness (QED) is 0.342. The molecule has 1 saturated carbocycles. The Morgan fingerprint density at radius 2 is 2.12 bits per heavy atom. The fourth-order valence-electron chi connectivity index (χ4n) is 3.37. The van der Waals surface area contributed by atoms with Gasteiger partial charge in [0.05, 0.1) is 12.7 Å². The van der Waals surface area contributed by atoms with Crippen LogP contribution >= 0.6 is 0 Å². The topological polar surface area (TPSA) is 64.1 Å². The molecule has 1 saturated heterocycles. The summed E-state index contributed by atoms with van der Waals surface area (Å²) in [5.41, 5.74) is 0.401. The Morgan fingerprint density at radius 1 is 1.25 bits per heavy atom.